The summed E-state index contributed by atoms with van der Waals surface area (Å²) in [5, 5.41) is 31.7. The van der Waals surface area contributed by atoms with Crippen molar-refractivity contribution in [2.24, 2.45) is 0 Å². The summed E-state index contributed by atoms with van der Waals surface area (Å²) in [6, 6.07) is 0. The maximum Gasteiger partial charge on any atom is 0.359 e. The molecule has 0 aliphatic rings. The van der Waals surface area contributed by atoms with Crippen LogP contribution in [-0.4, -0.2) is 32.6 Å². The quantitative estimate of drug-likeness (QED) is 0.227. The summed E-state index contributed by atoms with van der Waals surface area (Å²) in [6.07, 6.45) is -1.78. The molecule has 0 spiro atoms. The Morgan fingerprint density at radius 1 is 1.25 bits per heavy atom. The Bertz CT molecular complexity index is 59.5. The van der Waals surface area contributed by atoms with Crippen molar-refractivity contribution >= 4 is 0 Å². The molecule has 0 radical (unpaired) electrons. The van der Waals surface area contributed by atoms with Gasteiger partial charge < -0.3 is 30.9 Å². The fraction of sp³-hybridized carbons (Fsp3) is 1.00. The number of rotatable bonds is 1. The first-order valence-corrected chi connectivity index (χ1v) is 1.63. The highest BCUT2D eigenvalue weighted by Gasteiger charge is 2.30. The van der Waals surface area contributed by atoms with Crippen LogP contribution in [0.4, 0.5) is 0 Å². The Morgan fingerprint density at radius 2 is 1.38 bits per heavy atom. The van der Waals surface area contributed by atoms with Gasteiger partial charge in [0, 0.05) is 0 Å². The van der Waals surface area contributed by atoms with Gasteiger partial charge in [0.25, 0.3) is 6.23 Å². The van der Waals surface area contributed by atoms with Crippen molar-refractivity contribution < 1.29 is 30.9 Å². The molecule has 52 valence electrons. The van der Waals surface area contributed by atoms with Gasteiger partial charge in [0.15, 0.2) is 0 Å². The molecule has 1 unspecified atom stereocenters. The lowest BCUT2D eigenvalue weighted by atomic mass is 10.5. The molecule has 5 nitrogen and oxygen atoms in total. The normalized spacial score (nSPS) is 14.6. The predicted octanol–water partition coefficient (Wildman–Crippen LogP) is -6.82. The van der Waals surface area contributed by atoms with Gasteiger partial charge in [-0.2, -0.15) is 0 Å². The van der Waals surface area contributed by atoms with E-state index in [2.05, 4.69) is 5.73 Å². The van der Waals surface area contributed by atoms with Crippen LogP contribution in [0.5, 0.6) is 0 Å². The zero-order chi connectivity index (χ0) is 6.08. The van der Waals surface area contributed by atoms with Gasteiger partial charge in [-0.15, -0.1) is 0 Å². The lowest BCUT2D eigenvalue weighted by Gasteiger charge is -2.12. The zero-order valence-corrected chi connectivity index (χ0v) is 3.95. The first kappa shape index (κ1) is 10.7. The molecule has 0 aliphatic heterocycles. The third kappa shape index (κ3) is 3.90. The summed E-state index contributed by atoms with van der Waals surface area (Å²) in [5.41, 5.74) is 2.72. The number of aliphatic hydroxyl groups excluding tert-OH is 1. The fourth-order valence-electron chi connectivity index (χ4n) is 0. The molecule has 7 N–H and O–H groups in total. The van der Waals surface area contributed by atoms with Crippen LogP contribution < -0.4 is 10.4 Å². The second kappa shape index (κ2) is 2.90. The first-order chi connectivity index (χ1) is 2.94. The molecule has 6 heteroatoms. The van der Waals surface area contributed by atoms with E-state index < -0.39 is 12.2 Å². The van der Waals surface area contributed by atoms with Gasteiger partial charge >= 0.3 is 5.97 Å². The van der Waals surface area contributed by atoms with Gasteiger partial charge in [0.05, 0.1) is 0 Å². The molecule has 0 aromatic heterocycles. The summed E-state index contributed by atoms with van der Waals surface area (Å²) < 4.78 is 0. The minimum Gasteiger partial charge on any atom is -1.00 e. The fourth-order valence-corrected chi connectivity index (χ4v) is 0. The minimum absolute atomic E-state index is 0. The molecule has 0 bridgehead atoms. The molecule has 0 heterocycles. The molecule has 0 aliphatic carbocycles. The Balaban J connectivity index is 0. The third-order valence-electron chi connectivity index (χ3n) is 0.447. The smallest absolute Gasteiger partial charge is 0.359 e. The van der Waals surface area contributed by atoms with Gasteiger partial charge in [-0.1, -0.05) is 0 Å². The van der Waals surface area contributed by atoms with Crippen molar-refractivity contribution in [1.29, 1.82) is 0 Å². The highest BCUT2D eigenvalue weighted by Crippen LogP contribution is 1.90. The van der Waals surface area contributed by atoms with Crippen LogP contribution in [0.2, 0.25) is 0 Å². The average Bonchev–Trinajstić information content (AvgIpc) is 1.31. The summed E-state index contributed by atoms with van der Waals surface area (Å²) in [6.45, 7) is 0. The van der Waals surface area contributed by atoms with Crippen LogP contribution >= 0.6 is 0 Å². The van der Waals surface area contributed by atoms with E-state index >= 15 is 0 Å². The van der Waals surface area contributed by atoms with Crippen LogP contribution in [0.1, 0.15) is 0 Å². The highest BCUT2D eigenvalue weighted by molar-refractivity contribution is 4.42. The van der Waals surface area contributed by atoms with Gasteiger partial charge in [0.1, 0.15) is 0 Å². The van der Waals surface area contributed by atoms with Crippen molar-refractivity contribution in [3.05, 3.63) is 0 Å². The third-order valence-corrected chi connectivity index (χ3v) is 0.447. The Labute approximate surface area is 44.3 Å². The number of halogens is 1. The molecular formula is C2H8FNO4. The van der Waals surface area contributed by atoms with Gasteiger partial charge in [-0.05, 0) is 0 Å². The van der Waals surface area contributed by atoms with E-state index in [0.29, 0.717) is 0 Å². The monoisotopic (exact) mass is 129 g/mol. The molecule has 0 aromatic carbocycles. The molecule has 1 atom stereocenters. The van der Waals surface area contributed by atoms with Crippen molar-refractivity contribution in [3.8, 4) is 0 Å². The average molecular weight is 129 g/mol. The lowest BCUT2D eigenvalue weighted by Crippen LogP contribution is -3.00. The number of aliphatic hydroxyl groups is 4. The maximum atomic E-state index is 8.03. The highest BCUT2D eigenvalue weighted by atomic mass is 19.0. The van der Waals surface area contributed by atoms with Crippen LogP contribution in [0.15, 0.2) is 0 Å². The summed E-state index contributed by atoms with van der Waals surface area (Å²) >= 11 is 0. The summed E-state index contributed by atoms with van der Waals surface area (Å²) in [4.78, 5) is 0. The molecular weight excluding hydrogens is 121 g/mol. The number of hydrogen-bond donors (Lipinski definition) is 5. The standard InChI is InChI=1S/C2H7NO4.FH/c3-1(4)2(5,6)7;/h1,4-7H,3H2;1H. The van der Waals surface area contributed by atoms with Crippen LogP contribution in [0.25, 0.3) is 0 Å². The Kier molecular flexibility index (Phi) is 3.86. The van der Waals surface area contributed by atoms with E-state index in [9.17, 15) is 0 Å². The van der Waals surface area contributed by atoms with Crippen LogP contribution in [0, 0.1) is 0 Å². The zero-order valence-electron chi connectivity index (χ0n) is 3.95. The Hall–Kier alpha value is -0.270. The topological polar surface area (TPSA) is 109 Å². The van der Waals surface area contributed by atoms with Crippen LogP contribution in [0.3, 0.4) is 0 Å². The van der Waals surface area contributed by atoms with E-state index in [1.807, 2.05) is 0 Å². The largest absolute Gasteiger partial charge is 1.00 e. The van der Waals surface area contributed by atoms with Gasteiger partial charge in [-0.25, -0.2) is 0 Å². The number of hydrogen-bond acceptors (Lipinski definition) is 4. The SMILES string of the molecule is [F-].[NH3+]C(O)C(O)(O)O. The molecule has 0 saturated carbocycles. The van der Waals surface area contributed by atoms with E-state index in [-0.39, 0.29) is 4.70 Å². The van der Waals surface area contributed by atoms with Gasteiger partial charge in [0.2, 0.25) is 0 Å². The molecule has 0 fully saturated rings. The first-order valence-electron chi connectivity index (χ1n) is 1.63. The summed E-state index contributed by atoms with van der Waals surface area (Å²) in [7, 11) is 0. The molecule has 0 saturated heterocycles. The molecule has 8 heavy (non-hydrogen) atoms. The minimum atomic E-state index is -3.06. The van der Waals surface area contributed by atoms with E-state index in [1.54, 1.807) is 0 Å². The van der Waals surface area contributed by atoms with E-state index in [4.69, 9.17) is 20.4 Å². The summed E-state index contributed by atoms with van der Waals surface area (Å²) in [5.74, 6) is -3.06. The van der Waals surface area contributed by atoms with Crippen molar-refractivity contribution in [3.63, 3.8) is 0 Å². The second-order valence-electron chi connectivity index (χ2n) is 1.20. The second-order valence-corrected chi connectivity index (χ2v) is 1.20. The van der Waals surface area contributed by atoms with Crippen molar-refractivity contribution in [2.45, 2.75) is 12.2 Å². The van der Waals surface area contributed by atoms with E-state index in [0.717, 1.165) is 0 Å². The van der Waals surface area contributed by atoms with Crippen molar-refractivity contribution in [1.82, 2.24) is 0 Å². The lowest BCUT2D eigenvalue weighted by molar-refractivity contribution is -0.576. The van der Waals surface area contributed by atoms with Crippen molar-refractivity contribution in [2.75, 3.05) is 0 Å². The molecule has 0 rings (SSSR count). The number of quaternary nitrogens is 1. The maximum absolute atomic E-state index is 8.03. The van der Waals surface area contributed by atoms with Crippen LogP contribution in [-0.2, 0) is 0 Å². The molecule has 0 amide bonds. The Morgan fingerprint density at radius 3 is 1.38 bits per heavy atom. The van der Waals surface area contributed by atoms with E-state index in [1.165, 1.54) is 0 Å². The molecule has 0 aromatic rings. The predicted molar refractivity (Wildman–Crippen MR) is 18.3 cm³/mol. The van der Waals surface area contributed by atoms with Gasteiger partial charge in [-0.3, -0.25) is 0 Å².